The lowest BCUT2D eigenvalue weighted by atomic mass is 10.0. The van der Waals surface area contributed by atoms with Gasteiger partial charge in [-0.1, -0.05) is 36.0 Å². The average Bonchev–Trinajstić information content (AvgIpc) is 3.19. The van der Waals surface area contributed by atoms with Crippen LogP contribution < -0.4 is 10.5 Å². The normalized spacial score (nSPS) is 11.0. The van der Waals surface area contributed by atoms with Crippen molar-refractivity contribution in [3.63, 3.8) is 0 Å². The number of nitrogens with zero attached hydrogens (tertiary/aromatic N) is 1. The van der Waals surface area contributed by atoms with Crippen LogP contribution in [0, 0.1) is 6.92 Å². The van der Waals surface area contributed by atoms with E-state index in [-0.39, 0.29) is 0 Å². The van der Waals surface area contributed by atoms with Gasteiger partial charge in [-0.3, -0.25) is 4.79 Å². The number of nitrogens with two attached hydrogens (primary N) is 1. The zero-order chi connectivity index (χ0) is 19.0. The molecule has 0 aliphatic rings. The molecule has 0 aliphatic heterocycles. The number of H-pyrrole nitrogens is 1. The molecule has 1 amide bonds. The Kier molecular flexibility index (Phi) is 4.63. The van der Waals surface area contributed by atoms with Crippen molar-refractivity contribution in [2.75, 3.05) is 7.11 Å². The van der Waals surface area contributed by atoms with E-state index in [4.69, 9.17) is 15.5 Å². The number of thiazole rings is 1. The summed E-state index contributed by atoms with van der Waals surface area (Å²) >= 11 is 3.18. The van der Waals surface area contributed by atoms with E-state index in [0.717, 1.165) is 42.2 Å². The summed E-state index contributed by atoms with van der Waals surface area (Å²) in [5, 5.41) is 0.985. The van der Waals surface area contributed by atoms with E-state index in [0.29, 0.717) is 5.56 Å². The van der Waals surface area contributed by atoms with Gasteiger partial charge in [-0.15, -0.1) is 11.3 Å². The highest BCUT2D eigenvalue weighted by Crippen LogP contribution is 2.43. The molecule has 7 heteroatoms. The molecule has 0 aliphatic carbocycles. The van der Waals surface area contributed by atoms with Gasteiger partial charge in [0.1, 0.15) is 16.1 Å². The quantitative estimate of drug-likeness (QED) is 0.506. The highest BCUT2D eigenvalue weighted by Gasteiger charge is 2.21. The van der Waals surface area contributed by atoms with Gasteiger partial charge >= 0.3 is 0 Å². The number of aryl methyl sites for hydroxylation is 1. The Morgan fingerprint density at radius 3 is 2.81 bits per heavy atom. The number of carbonyl (C=O) groups is 1. The van der Waals surface area contributed by atoms with Gasteiger partial charge in [0.25, 0.3) is 0 Å². The van der Waals surface area contributed by atoms with Crippen molar-refractivity contribution < 1.29 is 9.53 Å². The van der Waals surface area contributed by atoms with Crippen molar-refractivity contribution in [3.8, 4) is 17.0 Å². The van der Waals surface area contributed by atoms with Crippen molar-refractivity contribution >= 4 is 39.4 Å². The van der Waals surface area contributed by atoms with Gasteiger partial charge in [0.15, 0.2) is 0 Å². The zero-order valence-electron chi connectivity index (χ0n) is 14.8. The maximum absolute atomic E-state index is 11.9. The van der Waals surface area contributed by atoms with Gasteiger partial charge in [-0.2, -0.15) is 0 Å². The van der Waals surface area contributed by atoms with E-state index in [9.17, 15) is 4.79 Å². The Labute approximate surface area is 164 Å². The topological polar surface area (TPSA) is 81.0 Å². The zero-order valence-corrected chi connectivity index (χ0v) is 16.4. The summed E-state index contributed by atoms with van der Waals surface area (Å²) in [7, 11) is 1.65. The summed E-state index contributed by atoms with van der Waals surface area (Å²) in [4.78, 5) is 23.0. The fraction of sp³-hybridized carbons (Fsp3) is 0.100. The summed E-state index contributed by atoms with van der Waals surface area (Å²) in [6.45, 7) is 1.98. The lowest BCUT2D eigenvalue weighted by Crippen LogP contribution is -2.12. The van der Waals surface area contributed by atoms with Crippen LogP contribution in [0.1, 0.15) is 15.4 Å². The molecule has 4 rings (SSSR count). The number of fused-ring (bicyclic) bond motifs is 1. The molecule has 0 saturated carbocycles. The molecule has 0 saturated heterocycles. The lowest BCUT2D eigenvalue weighted by Gasteiger charge is -2.09. The van der Waals surface area contributed by atoms with Crippen LogP contribution in [0.25, 0.3) is 21.6 Å². The second-order valence-corrected chi connectivity index (χ2v) is 8.22. The molecule has 0 radical (unpaired) electrons. The maximum Gasteiger partial charge on any atom is 0.249 e. The van der Waals surface area contributed by atoms with Crippen molar-refractivity contribution in [1.29, 1.82) is 0 Å². The molecule has 2 aromatic carbocycles. The average molecular weight is 396 g/mol. The number of nitrogens with one attached hydrogen (secondary N) is 1. The van der Waals surface area contributed by atoms with Gasteiger partial charge in [0.2, 0.25) is 5.91 Å². The Balaban J connectivity index is 1.90. The number of rotatable bonds is 5. The van der Waals surface area contributed by atoms with Crippen molar-refractivity contribution in [2.45, 2.75) is 16.7 Å². The smallest absolute Gasteiger partial charge is 0.249 e. The van der Waals surface area contributed by atoms with Crippen LogP contribution in [0.4, 0.5) is 0 Å². The van der Waals surface area contributed by atoms with Crippen LogP contribution in [0.2, 0.25) is 0 Å². The molecule has 27 heavy (non-hydrogen) atoms. The fourth-order valence-corrected chi connectivity index (χ4v) is 4.90. The summed E-state index contributed by atoms with van der Waals surface area (Å²) in [5.74, 6) is 0.338. The van der Waals surface area contributed by atoms with E-state index in [1.54, 1.807) is 36.3 Å². The number of primary amides is 1. The SMILES string of the molecule is COc1cccc(Sc2c(-c3ccccc3C(N)=O)[nH]c3sc(C)nc23)c1. The van der Waals surface area contributed by atoms with Crippen molar-refractivity contribution in [3.05, 3.63) is 59.1 Å². The Morgan fingerprint density at radius 2 is 2.04 bits per heavy atom. The minimum atomic E-state index is -0.454. The third-order valence-electron chi connectivity index (χ3n) is 4.14. The molecule has 3 N–H and O–H groups in total. The van der Waals surface area contributed by atoms with E-state index in [1.807, 2.05) is 49.4 Å². The number of carbonyl (C=O) groups excluding carboxylic acids is 1. The number of aromatic amines is 1. The second-order valence-electron chi connectivity index (χ2n) is 5.93. The van der Waals surface area contributed by atoms with Crippen molar-refractivity contribution in [2.24, 2.45) is 5.73 Å². The summed E-state index contributed by atoms with van der Waals surface area (Å²) in [5.41, 5.74) is 8.61. The standard InChI is InChI=1S/C20H17N3O2S2/c1-11-22-17-18(27-13-7-5-6-12(10-13)25-2)16(23-20(17)26-11)14-8-3-4-9-15(14)19(21)24/h3-10,23H,1-2H3,(H2,21,24). The third kappa shape index (κ3) is 3.31. The summed E-state index contributed by atoms with van der Waals surface area (Å²) in [6, 6.07) is 15.2. The molecule has 2 aromatic heterocycles. The van der Waals surface area contributed by atoms with Gasteiger partial charge < -0.3 is 15.5 Å². The van der Waals surface area contributed by atoms with Crippen molar-refractivity contribution in [1.82, 2.24) is 9.97 Å². The fourth-order valence-electron chi connectivity index (χ4n) is 2.94. The first-order valence-corrected chi connectivity index (χ1v) is 9.90. The molecule has 2 heterocycles. The van der Waals surface area contributed by atoms with E-state index < -0.39 is 5.91 Å². The highest BCUT2D eigenvalue weighted by molar-refractivity contribution is 7.99. The first kappa shape index (κ1) is 17.6. The van der Waals surface area contributed by atoms with Gasteiger partial charge in [0.05, 0.1) is 22.7 Å². The first-order valence-electron chi connectivity index (χ1n) is 8.27. The molecular weight excluding hydrogens is 378 g/mol. The van der Waals surface area contributed by atoms with Gasteiger partial charge in [-0.05, 0) is 31.2 Å². The lowest BCUT2D eigenvalue weighted by molar-refractivity contribution is 0.100. The number of hydrogen-bond acceptors (Lipinski definition) is 5. The van der Waals surface area contributed by atoms with Crippen LogP contribution in [-0.2, 0) is 0 Å². The summed E-state index contributed by atoms with van der Waals surface area (Å²) in [6.07, 6.45) is 0. The van der Waals surface area contributed by atoms with Crippen LogP contribution in [-0.4, -0.2) is 23.0 Å². The van der Waals surface area contributed by atoms with E-state index >= 15 is 0 Å². The Bertz CT molecular complexity index is 1150. The number of hydrogen-bond donors (Lipinski definition) is 2. The number of ether oxygens (including phenoxy) is 1. The van der Waals surface area contributed by atoms with Crippen LogP contribution in [0.3, 0.4) is 0 Å². The maximum atomic E-state index is 11.9. The predicted molar refractivity (Wildman–Crippen MR) is 110 cm³/mol. The highest BCUT2D eigenvalue weighted by atomic mass is 32.2. The first-order chi connectivity index (χ1) is 13.1. The van der Waals surface area contributed by atoms with Crippen LogP contribution in [0.5, 0.6) is 5.75 Å². The number of methoxy groups -OCH3 is 1. The van der Waals surface area contributed by atoms with Crippen LogP contribution >= 0.6 is 23.1 Å². The second kappa shape index (κ2) is 7.09. The Hall–Kier alpha value is -2.77. The molecule has 136 valence electrons. The van der Waals surface area contributed by atoms with E-state index in [1.165, 1.54) is 0 Å². The molecule has 0 unspecified atom stereocenters. The molecule has 0 bridgehead atoms. The molecular formula is C20H17N3O2S2. The molecule has 0 fully saturated rings. The predicted octanol–water partition coefficient (Wildman–Crippen LogP) is 4.86. The monoisotopic (exact) mass is 395 g/mol. The molecule has 4 aromatic rings. The number of amides is 1. The van der Waals surface area contributed by atoms with E-state index in [2.05, 4.69) is 4.98 Å². The minimum absolute atomic E-state index is 0.454. The number of benzene rings is 2. The number of aromatic nitrogens is 2. The third-order valence-corrected chi connectivity index (χ3v) is 6.12. The minimum Gasteiger partial charge on any atom is -0.497 e. The van der Waals surface area contributed by atoms with Crippen LogP contribution in [0.15, 0.2) is 58.3 Å². The molecule has 5 nitrogen and oxygen atoms in total. The van der Waals surface area contributed by atoms with Gasteiger partial charge in [0, 0.05) is 16.0 Å². The molecule has 0 spiro atoms. The Morgan fingerprint density at radius 1 is 1.22 bits per heavy atom. The van der Waals surface area contributed by atoms with Gasteiger partial charge in [-0.25, -0.2) is 4.98 Å². The summed E-state index contributed by atoms with van der Waals surface area (Å²) < 4.78 is 5.34. The molecule has 0 atom stereocenters. The largest absolute Gasteiger partial charge is 0.497 e.